The van der Waals surface area contributed by atoms with Crippen LogP contribution in [0.25, 0.3) is 0 Å². The van der Waals surface area contributed by atoms with Gasteiger partial charge in [0, 0.05) is 31.9 Å². The third kappa shape index (κ3) is 2.30. The summed E-state index contributed by atoms with van der Waals surface area (Å²) in [6, 6.07) is 3.49. The summed E-state index contributed by atoms with van der Waals surface area (Å²) in [6.07, 6.45) is 0. The van der Waals surface area contributed by atoms with Gasteiger partial charge >= 0.3 is 0 Å². The lowest BCUT2D eigenvalue weighted by Crippen LogP contribution is -2.43. The predicted molar refractivity (Wildman–Crippen MR) is 63.2 cm³/mol. The van der Waals surface area contributed by atoms with E-state index in [4.69, 9.17) is 23.2 Å². The van der Waals surface area contributed by atoms with Crippen molar-refractivity contribution in [2.24, 2.45) is 0 Å². The molecule has 1 aliphatic rings. The van der Waals surface area contributed by atoms with Gasteiger partial charge in [-0.2, -0.15) is 0 Å². The van der Waals surface area contributed by atoms with Crippen LogP contribution in [0.15, 0.2) is 12.1 Å². The van der Waals surface area contributed by atoms with Crippen LogP contribution in [0, 0.1) is 0 Å². The Kier molecular flexibility index (Phi) is 3.24. The van der Waals surface area contributed by atoms with E-state index in [0.717, 1.165) is 31.9 Å². The minimum Gasteiger partial charge on any atom is -0.505 e. The molecule has 1 aromatic carbocycles. The lowest BCUT2D eigenvalue weighted by atomic mass is 10.2. The van der Waals surface area contributed by atoms with Crippen LogP contribution >= 0.6 is 23.2 Å². The van der Waals surface area contributed by atoms with E-state index in [1.54, 1.807) is 12.1 Å². The molecule has 2 N–H and O–H groups in total. The van der Waals surface area contributed by atoms with Crippen LogP contribution in [0.4, 0.5) is 5.69 Å². The van der Waals surface area contributed by atoms with Gasteiger partial charge in [-0.05, 0) is 12.1 Å². The Morgan fingerprint density at radius 3 is 2.20 bits per heavy atom. The van der Waals surface area contributed by atoms with E-state index in [0.29, 0.717) is 10.0 Å². The van der Waals surface area contributed by atoms with E-state index in [1.807, 2.05) is 0 Å². The number of piperazine rings is 1. The normalized spacial score (nSPS) is 16.8. The number of hydrogen-bond donors (Lipinski definition) is 2. The van der Waals surface area contributed by atoms with E-state index < -0.39 is 0 Å². The third-order valence-electron chi connectivity index (χ3n) is 2.48. The van der Waals surface area contributed by atoms with Crippen molar-refractivity contribution in [3.63, 3.8) is 0 Å². The Balaban J connectivity index is 2.27. The molecular weight excluding hydrogens is 235 g/mol. The summed E-state index contributed by atoms with van der Waals surface area (Å²) in [7, 11) is 0. The third-order valence-corrected chi connectivity index (χ3v) is 3.06. The van der Waals surface area contributed by atoms with Gasteiger partial charge < -0.3 is 15.3 Å². The quantitative estimate of drug-likeness (QED) is 0.797. The summed E-state index contributed by atoms with van der Waals surface area (Å²) in [5.74, 6) is -0.0442. The number of aromatic hydroxyl groups is 1. The van der Waals surface area contributed by atoms with Crippen LogP contribution < -0.4 is 10.2 Å². The minimum atomic E-state index is -0.0442. The zero-order valence-electron chi connectivity index (χ0n) is 8.13. The fourth-order valence-corrected chi connectivity index (χ4v) is 2.13. The van der Waals surface area contributed by atoms with E-state index in [1.165, 1.54) is 0 Å². The molecule has 1 heterocycles. The van der Waals surface area contributed by atoms with Crippen molar-refractivity contribution >= 4 is 28.9 Å². The fraction of sp³-hybridized carbons (Fsp3) is 0.400. The molecule has 0 saturated carbocycles. The monoisotopic (exact) mass is 246 g/mol. The molecule has 1 aromatic rings. The van der Waals surface area contributed by atoms with Gasteiger partial charge in [0.2, 0.25) is 0 Å². The smallest absolute Gasteiger partial charge is 0.152 e. The van der Waals surface area contributed by atoms with Gasteiger partial charge in [-0.15, -0.1) is 0 Å². The molecule has 0 radical (unpaired) electrons. The highest BCUT2D eigenvalue weighted by Gasteiger charge is 2.14. The van der Waals surface area contributed by atoms with Crippen molar-refractivity contribution in [3.05, 3.63) is 22.2 Å². The highest BCUT2D eigenvalue weighted by atomic mass is 35.5. The van der Waals surface area contributed by atoms with Crippen molar-refractivity contribution in [2.45, 2.75) is 0 Å². The lowest BCUT2D eigenvalue weighted by molar-refractivity contribution is 0.475. The van der Waals surface area contributed by atoms with E-state index in [-0.39, 0.29) is 5.75 Å². The minimum absolute atomic E-state index is 0.0442. The number of anilines is 1. The van der Waals surface area contributed by atoms with Gasteiger partial charge in [0.25, 0.3) is 0 Å². The van der Waals surface area contributed by atoms with Crippen molar-refractivity contribution < 1.29 is 5.11 Å². The molecule has 0 atom stereocenters. The number of rotatable bonds is 1. The van der Waals surface area contributed by atoms with E-state index >= 15 is 0 Å². The number of nitrogens with one attached hydrogen (secondary N) is 1. The van der Waals surface area contributed by atoms with Crippen LogP contribution in [-0.2, 0) is 0 Å². The molecule has 1 saturated heterocycles. The number of phenols is 1. The number of halogens is 2. The Morgan fingerprint density at radius 2 is 1.67 bits per heavy atom. The molecule has 0 spiro atoms. The number of phenolic OH excluding ortho intramolecular Hbond substituents is 1. The maximum absolute atomic E-state index is 9.43. The van der Waals surface area contributed by atoms with Crippen LogP contribution in [-0.4, -0.2) is 31.3 Å². The Labute approximate surface area is 98.6 Å². The maximum atomic E-state index is 9.43. The maximum Gasteiger partial charge on any atom is 0.152 e. The van der Waals surface area contributed by atoms with Gasteiger partial charge in [0.15, 0.2) is 5.75 Å². The van der Waals surface area contributed by atoms with Crippen LogP contribution in [0.5, 0.6) is 5.75 Å². The highest BCUT2D eigenvalue weighted by Crippen LogP contribution is 2.35. The fourth-order valence-electron chi connectivity index (χ4n) is 1.66. The zero-order valence-corrected chi connectivity index (χ0v) is 9.65. The van der Waals surface area contributed by atoms with Crippen molar-refractivity contribution in [3.8, 4) is 5.75 Å². The number of hydrogen-bond acceptors (Lipinski definition) is 3. The Morgan fingerprint density at radius 1 is 1.13 bits per heavy atom. The molecule has 15 heavy (non-hydrogen) atoms. The van der Waals surface area contributed by atoms with Crippen molar-refractivity contribution in [2.75, 3.05) is 31.1 Å². The van der Waals surface area contributed by atoms with Gasteiger partial charge in [0.1, 0.15) is 0 Å². The second-order valence-corrected chi connectivity index (χ2v) is 4.31. The van der Waals surface area contributed by atoms with E-state index in [2.05, 4.69) is 10.2 Å². The summed E-state index contributed by atoms with van der Waals surface area (Å²) in [5.41, 5.74) is 0.962. The van der Waals surface area contributed by atoms with Crippen LogP contribution in [0.3, 0.4) is 0 Å². The highest BCUT2D eigenvalue weighted by molar-refractivity contribution is 6.37. The van der Waals surface area contributed by atoms with E-state index in [9.17, 15) is 5.11 Å². The molecule has 3 nitrogen and oxygen atoms in total. The molecule has 1 fully saturated rings. The van der Waals surface area contributed by atoms with Gasteiger partial charge in [-0.3, -0.25) is 0 Å². The molecule has 0 bridgehead atoms. The summed E-state index contributed by atoms with van der Waals surface area (Å²) < 4.78 is 0. The average Bonchev–Trinajstić information content (AvgIpc) is 2.26. The lowest BCUT2D eigenvalue weighted by Gasteiger charge is -2.29. The molecule has 5 heteroatoms. The molecule has 1 aliphatic heterocycles. The predicted octanol–water partition coefficient (Wildman–Crippen LogP) is 2.11. The average molecular weight is 247 g/mol. The van der Waals surface area contributed by atoms with Crippen molar-refractivity contribution in [1.29, 1.82) is 0 Å². The topological polar surface area (TPSA) is 35.5 Å². The summed E-state index contributed by atoms with van der Waals surface area (Å²) in [4.78, 5) is 2.19. The van der Waals surface area contributed by atoms with Crippen molar-refractivity contribution in [1.82, 2.24) is 5.32 Å². The Hall–Kier alpha value is -0.640. The first-order chi connectivity index (χ1) is 7.18. The largest absolute Gasteiger partial charge is 0.505 e. The first-order valence-electron chi connectivity index (χ1n) is 4.82. The number of benzene rings is 1. The molecule has 0 aliphatic carbocycles. The second-order valence-electron chi connectivity index (χ2n) is 3.50. The molecule has 0 amide bonds. The molecule has 2 rings (SSSR count). The summed E-state index contributed by atoms with van der Waals surface area (Å²) in [6.45, 7) is 3.76. The number of nitrogens with zero attached hydrogens (tertiary/aromatic N) is 1. The Bertz CT molecular complexity index is 341. The van der Waals surface area contributed by atoms with Gasteiger partial charge in [-0.25, -0.2) is 0 Å². The van der Waals surface area contributed by atoms with Crippen LogP contribution in [0.2, 0.25) is 10.0 Å². The zero-order chi connectivity index (χ0) is 10.8. The molecule has 0 unspecified atom stereocenters. The molecule has 0 aromatic heterocycles. The molecular formula is C10H12Cl2N2O. The van der Waals surface area contributed by atoms with Gasteiger partial charge in [0.05, 0.1) is 10.0 Å². The second kappa shape index (κ2) is 4.47. The SMILES string of the molecule is Oc1c(Cl)cc(N2CCNCC2)cc1Cl. The first-order valence-corrected chi connectivity index (χ1v) is 5.58. The summed E-state index contributed by atoms with van der Waals surface area (Å²) >= 11 is 11.7. The first kappa shape index (κ1) is 10.9. The summed E-state index contributed by atoms with van der Waals surface area (Å²) in [5, 5.41) is 13.3. The van der Waals surface area contributed by atoms with Crippen LogP contribution in [0.1, 0.15) is 0 Å². The molecule has 82 valence electrons. The standard InChI is InChI=1S/C10H12Cl2N2O/c11-8-5-7(6-9(12)10(8)15)14-3-1-13-2-4-14/h5-6,13,15H,1-4H2. The van der Waals surface area contributed by atoms with Gasteiger partial charge in [-0.1, -0.05) is 23.2 Å².